The quantitative estimate of drug-likeness (QED) is 0.265. The number of aromatic hydroxyl groups is 2. The fourth-order valence-corrected chi connectivity index (χ4v) is 4.95. The molecule has 1 heterocycles. The molecule has 188 valence electrons. The number of hydrogen-bond donors (Lipinski definition) is 4. The average Bonchev–Trinajstić information content (AvgIpc) is 2.88. The maximum Gasteiger partial charge on any atom is 0.235 e. The smallest absolute Gasteiger partial charge is 0.235 e. The van der Waals surface area contributed by atoms with Gasteiger partial charge in [-0.3, -0.25) is 4.79 Å². The van der Waals surface area contributed by atoms with E-state index < -0.39 is 30.0 Å². The lowest BCUT2D eigenvalue weighted by atomic mass is 9.76. The van der Waals surface area contributed by atoms with Crippen molar-refractivity contribution >= 4 is 11.6 Å². The Morgan fingerprint density at radius 2 is 1.51 bits per heavy atom. The van der Waals surface area contributed by atoms with Crippen molar-refractivity contribution in [2.24, 2.45) is 5.92 Å². The van der Waals surface area contributed by atoms with Crippen molar-refractivity contribution in [2.75, 3.05) is 4.90 Å². The number of anilines is 1. The third-order valence-electron chi connectivity index (χ3n) is 6.84. The summed E-state index contributed by atoms with van der Waals surface area (Å²) < 4.78 is 13.3. The van der Waals surface area contributed by atoms with Crippen molar-refractivity contribution in [3.8, 4) is 22.6 Å². The first-order valence-electron chi connectivity index (χ1n) is 12.0. The lowest BCUT2D eigenvalue weighted by molar-refractivity contribution is -0.137. The lowest BCUT2D eigenvalue weighted by Crippen LogP contribution is -2.59. The minimum Gasteiger partial charge on any atom is -0.508 e. The number of nitrogens with zero attached hydrogens (tertiary/aromatic N) is 1. The molecule has 1 amide bonds. The van der Waals surface area contributed by atoms with Gasteiger partial charge in [0.25, 0.3) is 0 Å². The standard InChI is InChI=1S/C30H26FNO5/c31-21-12-9-18(10-13-21)25(34)17-27(36)28-29(32(30(28)37)22-6-2-1-3-7-22)24-14-11-20(16-26(24)35)19-5-4-8-23(33)15-19/h1-16,25,27-29,33-36H,17H2/t25-,27+,28+,29+/m0/s1. The first-order chi connectivity index (χ1) is 17.8. The Morgan fingerprint density at radius 3 is 2.19 bits per heavy atom. The number of rotatable bonds is 7. The SMILES string of the molecule is O=C1[C@H]([C@H](O)C[C@H](O)c2ccc(F)cc2)[C@@H](c2ccc(-c3cccc(O)c3)cc2O)N1c1ccccc1. The molecule has 1 aliphatic heterocycles. The molecule has 1 fully saturated rings. The van der Waals surface area contributed by atoms with Crippen LogP contribution in [0.5, 0.6) is 11.5 Å². The normalized spacial score (nSPS) is 18.8. The number of phenols is 2. The number of hydrogen-bond acceptors (Lipinski definition) is 5. The van der Waals surface area contributed by atoms with Gasteiger partial charge in [0, 0.05) is 17.7 Å². The van der Waals surface area contributed by atoms with Crippen molar-refractivity contribution in [1.82, 2.24) is 0 Å². The summed E-state index contributed by atoms with van der Waals surface area (Å²) in [4.78, 5) is 14.8. The van der Waals surface area contributed by atoms with Crippen molar-refractivity contribution in [3.63, 3.8) is 0 Å². The summed E-state index contributed by atoms with van der Waals surface area (Å²) in [5.74, 6) is -1.63. The molecular weight excluding hydrogens is 473 g/mol. The van der Waals surface area contributed by atoms with Gasteiger partial charge in [0.15, 0.2) is 0 Å². The van der Waals surface area contributed by atoms with Crippen LogP contribution in [0.25, 0.3) is 11.1 Å². The van der Waals surface area contributed by atoms with Gasteiger partial charge < -0.3 is 25.3 Å². The molecule has 0 bridgehead atoms. The van der Waals surface area contributed by atoms with Gasteiger partial charge in [-0.05, 0) is 59.2 Å². The number of aliphatic hydroxyl groups excluding tert-OH is 2. The molecular formula is C30H26FNO5. The Labute approximate surface area is 213 Å². The third kappa shape index (κ3) is 4.79. The monoisotopic (exact) mass is 499 g/mol. The van der Waals surface area contributed by atoms with E-state index in [1.165, 1.54) is 29.2 Å². The fourth-order valence-electron chi connectivity index (χ4n) is 4.95. The van der Waals surface area contributed by atoms with Gasteiger partial charge in [-0.1, -0.05) is 54.6 Å². The van der Waals surface area contributed by atoms with Crippen LogP contribution in [0, 0.1) is 11.7 Å². The Bertz CT molecular complexity index is 1410. The Hall–Kier alpha value is -4.20. The maximum absolute atomic E-state index is 13.3. The Balaban J connectivity index is 1.47. The van der Waals surface area contributed by atoms with Crippen LogP contribution < -0.4 is 4.90 Å². The summed E-state index contributed by atoms with van der Waals surface area (Å²) in [6.45, 7) is 0. The second-order valence-electron chi connectivity index (χ2n) is 9.21. The molecule has 6 nitrogen and oxygen atoms in total. The number of phenolic OH excluding ortho intramolecular Hbond substituents is 2. The van der Waals surface area contributed by atoms with Crippen LogP contribution in [0.2, 0.25) is 0 Å². The van der Waals surface area contributed by atoms with Gasteiger partial charge in [-0.25, -0.2) is 4.39 Å². The van der Waals surface area contributed by atoms with Crippen LogP contribution in [-0.4, -0.2) is 32.4 Å². The molecule has 7 heteroatoms. The molecule has 0 unspecified atom stereocenters. The first kappa shape index (κ1) is 24.5. The predicted molar refractivity (Wildman–Crippen MR) is 137 cm³/mol. The Morgan fingerprint density at radius 1 is 0.811 bits per heavy atom. The molecule has 0 spiro atoms. The number of carbonyl (C=O) groups excluding carboxylic acids is 1. The molecule has 1 saturated heterocycles. The van der Waals surface area contributed by atoms with E-state index in [9.17, 15) is 29.6 Å². The molecule has 5 rings (SSSR count). The molecule has 4 atom stereocenters. The number of benzene rings is 4. The van der Waals surface area contributed by atoms with Gasteiger partial charge in [-0.15, -0.1) is 0 Å². The van der Waals surface area contributed by atoms with Gasteiger partial charge in [0.2, 0.25) is 5.91 Å². The van der Waals surface area contributed by atoms with Gasteiger partial charge in [-0.2, -0.15) is 0 Å². The van der Waals surface area contributed by atoms with E-state index in [0.29, 0.717) is 27.9 Å². The maximum atomic E-state index is 13.3. The number of carbonyl (C=O) groups is 1. The van der Waals surface area contributed by atoms with Crippen LogP contribution in [0.1, 0.15) is 29.7 Å². The minimum atomic E-state index is -1.22. The van der Waals surface area contributed by atoms with Crippen LogP contribution in [0.3, 0.4) is 0 Å². The minimum absolute atomic E-state index is 0.0597. The second-order valence-corrected chi connectivity index (χ2v) is 9.21. The molecule has 4 N–H and O–H groups in total. The fraction of sp³-hybridized carbons (Fsp3) is 0.167. The Kier molecular flexibility index (Phi) is 6.65. The predicted octanol–water partition coefficient (Wildman–Crippen LogP) is 5.09. The van der Waals surface area contributed by atoms with Crippen LogP contribution in [-0.2, 0) is 4.79 Å². The highest BCUT2D eigenvalue weighted by molar-refractivity contribution is 6.04. The zero-order valence-corrected chi connectivity index (χ0v) is 19.8. The van der Waals surface area contributed by atoms with E-state index in [2.05, 4.69) is 0 Å². The molecule has 0 aliphatic carbocycles. The van der Waals surface area contributed by atoms with Crippen molar-refractivity contribution in [2.45, 2.75) is 24.7 Å². The molecule has 0 saturated carbocycles. The zero-order chi connectivity index (χ0) is 26.1. The van der Waals surface area contributed by atoms with Crippen LogP contribution in [0.4, 0.5) is 10.1 Å². The number of halogens is 1. The summed E-state index contributed by atoms with van der Waals surface area (Å²) in [5.41, 5.74) is 2.90. The molecule has 0 aromatic heterocycles. The van der Waals surface area contributed by atoms with Crippen molar-refractivity contribution in [3.05, 3.63) is 114 Å². The van der Waals surface area contributed by atoms with Crippen molar-refractivity contribution < 1.29 is 29.6 Å². The number of amides is 1. The van der Waals surface area contributed by atoms with E-state index in [1.54, 1.807) is 66.7 Å². The van der Waals surface area contributed by atoms with E-state index >= 15 is 0 Å². The number of β-lactam (4-membered cyclic amide) rings is 1. The average molecular weight is 500 g/mol. The molecule has 4 aromatic rings. The topological polar surface area (TPSA) is 101 Å². The van der Waals surface area contributed by atoms with E-state index in [-0.39, 0.29) is 23.8 Å². The molecule has 37 heavy (non-hydrogen) atoms. The largest absolute Gasteiger partial charge is 0.508 e. The van der Waals surface area contributed by atoms with E-state index in [1.807, 2.05) is 6.07 Å². The summed E-state index contributed by atoms with van der Waals surface area (Å²) in [7, 11) is 0. The lowest BCUT2D eigenvalue weighted by Gasteiger charge is -2.49. The number of para-hydroxylation sites is 1. The van der Waals surface area contributed by atoms with Gasteiger partial charge >= 0.3 is 0 Å². The highest BCUT2D eigenvalue weighted by atomic mass is 19.1. The van der Waals surface area contributed by atoms with Crippen LogP contribution in [0.15, 0.2) is 97.1 Å². The highest BCUT2D eigenvalue weighted by Gasteiger charge is 2.53. The number of aliphatic hydroxyl groups is 2. The molecule has 1 aliphatic rings. The first-order valence-corrected chi connectivity index (χ1v) is 12.0. The summed E-state index contributed by atoms with van der Waals surface area (Å²) >= 11 is 0. The third-order valence-corrected chi connectivity index (χ3v) is 6.84. The van der Waals surface area contributed by atoms with Crippen molar-refractivity contribution in [1.29, 1.82) is 0 Å². The molecule has 4 aromatic carbocycles. The van der Waals surface area contributed by atoms with E-state index in [0.717, 1.165) is 0 Å². The summed E-state index contributed by atoms with van der Waals surface area (Å²) in [6, 6.07) is 25.3. The zero-order valence-electron chi connectivity index (χ0n) is 19.8. The van der Waals surface area contributed by atoms with Crippen LogP contribution >= 0.6 is 0 Å². The van der Waals surface area contributed by atoms with Gasteiger partial charge in [0.1, 0.15) is 17.3 Å². The van der Waals surface area contributed by atoms with Gasteiger partial charge in [0.05, 0.1) is 24.2 Å². The summed E-state index contributed by atoms with van der Waals surface area (Å²) in [6.07, 6.45) is -2.46. The van der Waals surface area contributed by atoms with E-state index in [4.69, 9.17) is 0 Å². The summed E-state index contributed by atoms with van der Waals surface area (Å²) in [5, 5.41) is 42.6. The molecule has 0 radical (unpaired) electrons. The highest BCUT2D eigenvalue weighted by Crippen LogP contribution is 2.49. The second kappa shape index (κ2) is 10.0.